The van der Waals surface area contributed by atoms with Gasteiger partial charge in [0.1, 0.15) is 0 Å². The predicted octanol–water partition coefficient (Wildman–Crippen LogP) is 3.41. The lowest BCUT2D eigenvalue weighted by Gasteiger charge is -2.36. The van der Waals surface area contributed by atoms with Crippen molar-refractivity contribution in [3.05, 3.63) is 106 Å². The Morgan fingerprint density at radius 2 is 1.45 bits per heavy atom. The average molecular weight is 557 g/mol. The van der Waals surface area contributed by atoms with Gasteiger partial charge in [-0.3, -0.25) is 14.7 Å². The molecule has 0 amide bonds. The van der Waals surface area contributed by atoms with Crippen LogP contribution in [-0.2, 0) is 19.6 Å². The molecule has 1 saturated heterocycles. The first-order valence-corrected chi connectivity index (χ1v) is 11.2. The van der Waals surface area contributed by atoms with Crippen molar-refractivity contribution in [3.63, 3.8) is 0 Å². The van der Waals surface area contributed by atoms with Crippen LogP contribution < -0.4 is 10.9 Å². The van der Waals surface area contributed by atoms with Gasteiger partial charge < -0.3 is 14.8 Å². The molecule has 2 heterocycles. The highest BCUT2D eigenvalue weighted by Gasteiger charge is 2.19. The lowest BCUT2D eigenvalue weighted by atomic mass is 10.1. The molecule has 3 aromatic rings. The number of pyridine rings is 1. The Balaban J connectivity index is 0.00000306. The molecule has 1 N–H and O–H groups in total. The molecule has 1 aliphatic rings. The summed E-state index contributed by atoms with van der Waals surface area (Å²) in [6, 6.07) is 24.3. The zero-order valence-corrected chi connectivity index (χ0v) is 21.4. The number of halogens is 1. The molecular weight excluding hydrogens is 525 g/mol. The van der Waals surface area contributed by atoms with E-state index in [0.717, 1.165) is 50.8 Å². The summed E-state index contributed by atoms with van der Waals surface area (Å²) in [7, 11) is 1.85. The molecule has 0 spiro atoms. The smallest absolute Gasteiger partial charge is 0.250 e. The van der Waals surface area contributed by atoms with E-state index in [9.17, 15) is 4.79 Å². The topological polar surface area (TPSA) is 52.9 Å². The molecule has 4 rings (SSSR count). The van der Waals surface area contributed by atoms with Crippen LogP contribution in [0.15, 0.2) is 88.8 Å². The van der Waals surface area contributed by atoms with Crippen molar-refractivity contribution >= 4 is 29.9 Å². The van der Waals surface area contributed by atoms with Crippen LogP contribution in [0, 0.1) is 0 Å². The third-order valence-corrected chi connectivity index (χ3v) is 5.86. The molecule has 1 aromatic heterocycles. The third kappa shape index (κ3) is 7.17. The summed E-state index contributed by atoms with van der Waals surface area (Å²) in [5.41, 5.74) is 3.69. The van der Waals surface area contributed by atoms with Gasteiger partial charge in [0.25, 0.3) is 5.56 Å². The minimum absolute atomic E-state index is 0. The first kappa shape index (κ1) is 25.0. The summed E-state index contributed by atoms with van der Waals surface area (Å²) in [5.74, 6) is 0.948. The van der Waals surface area contributed by atoms with E-state index in [2.05, 4.69) is 74.7 Å². The molecule has 1 fully saturated rings. The monoisotopic (exact) mass is 557 g/mol. The standard InChI is InChI=1S/C26H31N5O.HI/c1-27-26(30-17-15-29(16-18-30)20-23-7-3-2-4-8-23)28-19-22-10-12-24(13-11-22)21-31-14-6-5-9-25(31)32;/h2-14H,15-21H2,1H3,(H,27,28);1H. The second kappa shape index (κ2) is 12.6. The molecule has 33 heavy (non-hydrogen) atoms. The van der Waals surface area contributed by atoms with E-state index in [0.29, 0.717) is 6.54 Å². The third-order valence-electron chi connectivity index (χ3n) is 5.86. The number of aliphatic imine (C=N–C) groups is 1. The Bertz CT molecular complexity index is 1070. The SMILES string of the molecule is CN=C(NCc1ccc(Cn2ccccc2=O)cc1)N1CCN(Cc2ccccc2)CC1.I. The molecule has 0 aliphatic carbocycles. The molecule has 6 nitrogen and oxygen atoms in total. The van der Waals surface area contributed by atoms with Crippen LogP contribution in [0.3, 0.4) is 0 Å². The fraction of sp³-hybridized carbons (Fsp3) is 0.308. The van der Waals surface area contributed by atoms with Gasteiger partial charge in [-0.1, -0.05) is 60.7 Å². The zero-order valence-electron chi connectivity index (χ0n) is 19.1. The van der Waals surface area contributed by atoms with Crippen molar-refractivity contribution < 1.29 is 0 Å². The highest BCUT2D eigenvalue weighted by atomic mass is 127. The van der Waals surface area contributed by atoms with Gasteiger partial charge in [-0.15, -0.1) is 24.0 Å². The van der Waals surface area contributed by atoms with Gasteiger partial charge in [-0.05, 0) is 22.8 Å². The van der Waals surface area contributed by atoms with Gasteiger partial charge >= 0.3 is 0 Å². The minimum Gasteiger partial charge on any atom is -0.352 e. The Hall–Kier alpha value is -2.65. The van der Waals surface area contributed by atoms with Gasteiger partial charge in [-0.2, -0.15) is 0 Å². The van der Waals surface area contributed by atoms with Crippen molar-refractivity contribution in [3.8, 4) is 0 Å². The van der Waals surface area contributed by atoms with Crippen molar-refractivity contribution in [2.75, 3.05) is 33.2 Å². The molecule has 0 unspecified atom stereocenters. The summed E-state index contributed by atoms with van der Waals surface area (Å²) >= 11 is 0. The highest BCUT2D eigenvalue weighted by molar-refractivity contribution is 14.0. The van der Waals surface area contributed by atoms with Crippen LogP contribution in [-0.4, -0.2) is 53.6 Å². The Morgan fingerprint density at radius 3 is 2.12 bits per heavy atom. The number of piperazine rings is 1. The van der Waals surface area contributed by atoms with Gasteiger partial charge in [0.05, 0.1) is 6.54 Å². The van der Waals surface area contributed by atoms with Crippen LogP contribution in [0.5, 0.6) is 0 Å². The number of aromatic nitrogens is 1. The lowest BCUT2D eigenvalue weighted by molar-refractivity contribution is 0.172. The summed E-state index contributed by atoms with van der Waals surface area (Å²) in [5, 5.41) is 3.50. The van der Waals surface area contributed by atoms with E-state index < -0.39 is 0 Å². The number of nitrogens with one attached hydrogen (secondary N) is 1. The van der Waals surface area contributed by atoms with E-state index in [1.165, 1.54) is 11.1 Å². The molecule has 0 saturated carbocycles. The summed E-state index contributed by atoms with van der Waals surface area (Å²) in [6.07, 6.45) is 1.82. The summed E-state index contributed by atoms with van der Waals surface area (Å²) in [6.45, 7) is 6.31. The Kier molecular flexibility index (Phi) is 9.50. The summed E-state index contributed by atoms with van der Waals surface area (Å²) in [4.78, 5) is 21.2. The molecule has 0 radical (unpaired) electrons. The van der Waals surface area contributed by atoms with Crippen LogP contribution in [0.4, 0.5) is 0 Å². The number of hydrogen-bond donors (Lipinski definition) is 1. The molecular formula is C26H32IN5O. The average Bonchev–Trinajstić information content (AvgIpc) is 2.83. The number of benzene rings is 2. The number of rotatable bonds is 6. The second-order valence-corrected chi connectivity index (χ2v) is 8.13. The van der Waals surface area contributed by atoms with Crippen LogP contribution in [0.2, 0.25) is 0 Å². The fourth-order valence-electron chi connectivity index (χ4n) is 4.02. The van der Waals surface area contributed by atoms with Crippen LogP contribution >= 0.6 is 24.0 Å². The number of guanidine groups is 1. The number of nitrogens with zero attached hydrogens (tertiary/aromatic N) is 4. The van der Waals surface area contributed by atoms with Crippen molar-refractivity contribution in [2.45, 2.75) is 19.6 Å². The molecule has 1 aliphatic heterocycles. The largest absolute Gasteiger partial charge is 0.352 e. The van der Waals surface area contributed by atoms with E-state index in [1.807, 2.05) is 19.3 Å². The Labute approximate surface area is 213 Å². The first-order chi connectivity index (χ1) is 15.7. The molecule has 0 atom stereocenters. The van der Waals surface area contributed by atoms with Crippen LogP contribution in [0.1, 0.15) is 16.7 Å². The van der Waals surface area contributed by atoms with Crippen LogP contribution in [0.25, 0.3) is 0 Å². The Morgan fingerprint density at radius 1 is 0.818 bits per heavy atom. The molecule has 174 valence electrons. The second-order valence-electron chi connectivity index (χ2n) is 8.13. The van der Waals surface area contributed by atoms with Gasteiger partial charge in [0.15, 0.2) is 5.96 Å². The molecule has 7 heteroatoms. The van der Waals surface area contributed by atoms with E-state index in [4.69, 9.17) is 0 Å². The van der Waals surface area contributed by atoms with Gasteiger partial charge in [0, 0.05) is 58.6 Å². The van der Waals surface area contributed by atoms with Crippen molar-refractivity contribution in [1.82, 2.24) is 19.7 Å². The fourth-order valence-corrected chi connectivity index (χ4v) is 4.02. The molecule has 2 aromatic carbocycles. The van der Waals surface area contributed by atoms with Gasteiger partial charge in [0.2, 0.25) is 0 Å². The van der Waals surface area contributed by atoms with E-state index in [-0.39, 0.29) is 29.5 Å². The van der Waals surface area contributed by atoms with E-state index >= 15 is 0 Å². The lowest BCUT2D eigenvalue weighted by Crippen LogP contribution is -2.52. The maximum Gasteiger partial charge on any atom is 0.250 e. The maximum atomic E-state index is 11.9. The number of hydrogen-bond acceptors (Lipinski definition) is 3. The highest BCUT2D eigenvalue weighted by Crippen LogP contribution is 2.10. The minimum atomic E-state index is 0. The van der Waals surface area contributed by atoms with Gasteiger partial charge in [-0.25, -0.2) is 0 Å². The normalized spacial score (nSPS) is 14.6. The summed E-state index contributed by atoms with van der Waals surface area (Å²) < 4.78 is 1.71. The quantitative estimate of drug-likeness (QED) is 0.287. The van der Waals surface area contributed by atoms with E-state index in [1.54, 1.807) is 16.7 Å². The predicted molar refractivity (Wildman–Crippen MR) is 145 cm³/mol. The molecule has 0 bridgehead atoms. The van der Waals surface area contributed by atoms with Crippen molar-refractivity contribution in [2.24, 2.45) is 4.99 Å². The zero-order chi connectivity index (χ0) is 22.2. The maximum absolute atomic E-state index is 11.9. The van der Waals surface area contributed by atoms with Crippen molar-refractivity contribution in [1.29, 1.82) is 0 Å². The first-order valence-electron chi connectivity index (χ1n) is 11.2.